The average molecular weight is 210 g/mol. The Morgan fingerprint density at radius 2 is 1.88 bits per heavy atom. The molecule has 0 radical (unpaired) electrons. The van der Waals surface area contributed by atoms with Crippen LogP contribution in [0.25, 0.3) is 12.2 Å². The van der Waals surface area contributed by atoms with Crippen LogP contribution in [0.15, 0.2) is 42.5 Å². The molecule has 1 aromatic carbocycles. The molecule has 0 amide bonds. The van der Waals surface area contributed by atoms with Gasteiger partial charge in [-0.05, 0) is 42.8 Å². The first-order valence-corrected chi connectivity index (χ1v) is 5.21. The largest absolute Gasteiger partial charge is 0.399 e. The summed E-state index contributed by atoms with van der Waals surface area (Å²) in [5.74, 6) is 0. The molecule has 16 heavy (non-hydrogen) atoms. The van der Waals surface area contributed by atoms with Gasteiger partial charge < -0.3 is 5.73 Å². The number of nitrogens with two attached hydrogens (primary N) is 1. The summed E-state index contributed by atoms with van der Waals surface area (Å²) in [7, 11) is 0. The summed E-state index contributed by atoms with van der Waals surface area (Å²) in [5.41, 5.74) is 9.55. The number of nitrogen functional groups attached to an aromatic ring is 1. The quantitative estimate of drug-likeness (QED) is 0.773. The number of rotatable bonds is 2. The van der Waals surface area contributed by atoms with Gasteiger partial charge in [0.2, 0.25) is 0 Å². The molecule has 0 bridgehead atoms. The van der Waals surface area contributed by atoms with Gasteiger partial charge in [0.15, 0.2) is 0 Å². The van der Waals surface area contributed by atoms with Crippen LogP contribution in [0.4, 0.5) is 5.69 Å². The van der Waals surface area contributed by atoms with Gasteiger partial charge >= 0.3 is 0 Å². The van der Waals surface area contributed by atoms with Crippen molar-refractivity contribution >= 4 is 17.8 Å². The van der Waals surface area contributed by atoms with Crippen molar-refractivity contribution in [3.63, 3.8) is 0 Å². The van der Waals surface area contributed by atoms with E-state index in [1.807, 2.05) is 61.5 Å². The van der Waals surface area contributed by atoms with Crippen LogP contribution in [0.5, 0.6) is 0 Å². The van der Waals surface area contributed by atoms with Crippen LogP contribution in [0.2, 0.25) is 0 Å². The Labute approximate surface area is 95.5 Å². The van der Waals surface area contributed by atoms with Gasteiger partial charge in [0.25, 0.3) is 0 Å². The zero-order chi connectivity index (χ0) is 11.4. The highest BCUT2D eigenvalue weighted by molar-refractivity contribution is 5.69. The number of anilines is 1. The van der Waals surface area contributed by atoms with Crippen LogP contribution in [0, 0.1) is 6.92 Å². The highest BCUT2D eigenvalue weighted by atomic mass is 14.7. The van der Waals surface area contributed by atoms with Crippen LogP contribution >= 0.6 is 0 Å². The molecule has 0 spiro atoms. The summed E-state index contributed by atoms with van der Waals surface area (Å²) in [5, 5.41) is 0. The van der Waals surface area contributed by atoms with Crippen molar-refractivity contribution < 1.29 is 0 Å². The van der Waals surface area contributed by atoms with Gasteiger partial charge in [0.1, 0.15) is 0 Å². The lowest BCUT2D eigenvalue weighted by Gasteiger charge is -1.97. The first-order chi connectivity index (χ1) is 7.74. The molecule has 0 aliphatic heterocycles. The lowest BCUT2D eigenvalue weighted by Crippen LogP contribution is -1.85. The predicted molar refractivity (Wildman–Crippen MR) is 68.8 cm³/mol. The Morgan fingerprint density at radius 3 is 2.62 bits per heavy atom. The SMILES string of the molecule is Cc1cccc(/C=C/c2cccc(N)c2)n1. The molecule has 2 N–H and O–H groups in total. The fraction of sp³-hybridized carbons (Fsp3) is 0.0714. The second-order valence-corrected chi connectivity index (χ2v) is 3.71. The molecular formula is C14H14N2. The van der Waals surface area contributed by atoms with Crippen LogP contribution in [-0.2, 0) is 0 Å². The number of aryl methyl sites for hydroxylation is 1. The van der Waals surface area contributed by atoms with E-state index in [9.17, 15) is 0 Å². The summed E-state index contributed by atoms with van der Waals surface area (Å²) in [6.07, 6.45) is 4.00. The van der Waals surface area contributed by atoms with Gasteiger partial charge in [0, 0.05) is 11.4 Å². The maximum Gasteiger partial charge on any atom is 0.0633 e. The third-order valence-corrected chi connectivity index (χ3v) is 2.27. The van der Waals surface area contributed by atoms with E-state index in [1.165, 1.54) is 0 Å². The summed E-state index contributed by atoms with van der Waals surface area (Å²) < 4.78 is 0. The molecule has 2 rings (SSSR count). The minimum atomic E-state index is 0.777. The molecule has 2 heteroatoms. The maximum absolute atomic E-state index is 5.70. The molecule has 80 valence electrons. The van der Waals surface area contributed by atoms with Gasteiger partial charge in [-0.15, -0.1) is 0 Å². The molecule has 0 unspecified atom stereocenters. The zero-order valence-corrected chi connectivity index (χ0v) is 9.22. The van der Waals surface area contributed by atoms with Crippen molar-refractivity contribution in [2.45, 2.75) is 6.92 Å². The Balaban J connectivity index is 2.21. The number of hydrogen-bond acceptors (Lipinski definition) is 2. The number of benzene rings is 1. The number of nitrogens with zero attached hydrogens (tertiary/aromatic N) is 1. The molecule has 1 aromatic heterocycles. The van der Waals surface area contributed by atoms with E-state index < -0.39 is 0 Å². The zero-order valence-electron chi connectivity index (χ0n) is 9.22. The van der Waals surface area contributed by atoms with Crippen molar-refractivity contribution in [1.29, 1.82) is 0 Å². The number of hydrogen-bond donors (Lipinski definition) is 1. The van der Waals surface area contributed by atoms with Gasteiger partial charge in [-0.3, -0.25) is 4.98 Å². The number of aromatic nitrogens is 1. The molecular weight excluding hydrogens is 196 g/mol. The molecule has 2 aromatic rings. The number of pyridine rings is 1. The van der Waals surface area contributed by atoms with Crippen molar-refractivity contribution in [3.8, 4) is 0 Å². The van der Waals surface area contributed by atoms with Crippen molar-refractivity contribution in [1.82, 2.24) is 4.98 Å². The molecule has 0 aliphatic carbocycles. The Morgan fingerprint density at radius 1 is 1.06 bits per heavy atom. The lowest BCUT2D eigenvalue weighted by atomic mass is 10.2. The Hall–Kier alpha value is -2.09. The Bertz CT molecular complexity index is 468. The minimum Gasteiger partial charge on any atom is -0.399 e. The summed E-state index contributed by atoms with van der Waals surface area (Å²) >= 11 is 0. The smallest absolute Gasteiger partial charge is 0.0633 e. The van der Waals surface area contributed by atoms with E-state index in [1.54, 1.807) is 0 Å². The monoisotopic (exact) mass is 210 g/mol. The molecule has 0 fully saturated rings. The topological polar surface area (TPSA) is 38.9 Å². The van der Waals surface area contributed by atoms with Crippen LogP contribution < -0.4 is 5.73 Å². The first kappa shape index (κ1) is 10.4. The van der Waals surface area contributed by atoms with E-state index in [-0.39, 0.29) is 0 Å². The lowest BCUT2D eigenvalue weighted by molar-refractivity contribution is 1.18. The Kier molecular flexibility index (Phi) is 3.01. The van der Waals surface area contributed by atoms with Crippen LogP contribution in [0.3, 0.4) is 0 Å². The highest BCUT2D eigenvalue weighted by Crippen LogP contribution is 2.10. The fourth-order valence-corrected chi connectivity index (χ4v) is 1.50. The van der Waals surface area contributed by atoms with E-state index in [0.29, 0.717) is 0 Å². The maximum atomic E-state index is 5.70. The van der Waals surface area contributed by atoms with E-state index in [0.717, 1.165) is 22.6 Å². The average Bonchev–Trinajstić information content (AvgIpc) is 2.27. The first-order valence-electron chi connectivity index (χ1n) is 5.21. The molecule has 1 heterocycles. The van der Waals surface area contributed by atoms with Crippen LogP contribution in [-0.4, -0.2) is 4.98 Å². The van der Waals surface area contributed by atoms with Crippen molar-refractivity contribution in [2.75, 3.05) is 5.73 Å². The third kappa shape index (κ3) is 2.70. The molecule has 0 atom stereocenters. The third-order valence-electron chi connectivity index (χ3n) is 2.27. The molecule has 0 saturated heterocycles. The second-order valence-electron chi connectivity index (χ2n) is 3.71. The standard InChI is InChI=1S/C14H14N2/c1-11-4-2-7-14(16-11)9-8-12-5-3-6-13(15)10-12/h2-10H,15H2,1H3/b9-8+. The summed E-state index contributed by atoms with van der Waals surface area (Å²) in [6, 6.07) is 13.7. The van der Waals surface area contributed by atoms with E-state index in [4.69, 9.17) is 5.73 Å². The molecule has 0 aliphatic rings. The normalized spacial score (nSPS) is 10.8. The van der Waals surface area contributed by atoms with Gasteiger partial charge in [-0.2, -0.15) is 0 Å². The van der Waals surface area contributed by atoms with E-state index >= 15 is 0 Å². The summed E-state index contributed by atoms with van der Waals surface area (Å²) in [6.45, 7) is 1.98. The van der Waals surface area contributed by atoms with Gasteiger partial charge in [-0.25, -0.2) is 0 Å². The molecule has 2 nitrogen and oxygen atoms in total. The van der Waals surface area contributed by atoms with Crippen molar-refractivity contribution in [2.24, 2.45) is 0 Å². The van der Waals surface area contributed by atoms with Gasteiger partial charge in [0.05, 0.1) is 5.69 Å². The van der Waals surface area contributed by atoms with Crippen molar-refractivity contribution in [3.05, 3.63) is 59.4 Å². The molecule has 0 saturated carbocycles. The summed E-state index contributed by atoms with van der Waals surface area (Å²) in [4.78, 5) is 4.39. The fourth-order valence-electron chi connectivity index (χ4n) is 1.50. The predicted octanol–water partition coefficient (Wildman–Crippen LogP) is 3.14. The minimum absolute atomic E-state index is 0.777. The van der Waals surface area contributed by atoms with E-state index in [2.05, 4.69) is 4.98 Å². The van der Waals surface area contributed by atoms with Crippen LogP contribution in [0.1, 0.15) is 17.0 Å². The van der Waals surface area contributed by atoms with Gasteiger partial charge in [-0.1, -0.05) is 24.3 Å². The highest BCUT2D eigenvalue weighted by Gasteiger charge is 1.90. The second kappa shape index (κ2) is 4.62.